The van der Waals surface area contributed by atoms with Crippen molar-refractivity contribution in [1.29, 1.82) is 0 Å². The average Bonchev–Trinajstić information content (AvgIpc) is 2.80. The number of pyridine rings is 1. The Morgan fingerprint density at radius 3 is 2.67 bits per heavy atom. The second kappa shape index (κ2) is 9.17. The molecule has 0 aliphatic carbocycles. The van der Waals surface area contributed by atoms with Gasteiger partial charge in [-0.15, -0.1) is 0 Å². The molecule has 0 radical (unpaired) electrons. The summed E-state index contributed by atoms with van der Waals surface area (Å²) in [6, 6.07) is 13.5. The summed E-state index contributed by atoms with van der Waals surface area (Å²) in [5.41, 5.74) is 1.68. The molecule has 0 spiro atoms. The Kier molecular flexibility index (Phi) is 6.18. The lowest BCUT2D eigenvalue weighted by molar-refractivity contribution is -0.133. The van der Waals surface area contributed by atoms with E-state index < -0.39 is 0 Å². The fourth-order valence-electron chi connectivity index (χ4n) is 4.08. The number of piperidine rings is 1. The number of aromatic nitrogens is 3. The van der Waals surface area contributed by atoms with E-state index in [-0.39, 0.29) is 23.9 Å². The summed E-state index contributed by atoms with van der Waals surface area (Å²) >= 11 is 0. The van der Waals surface area contributed by atoms with Gasteiger partial charge in [0.25, 0.3) is 0 Å². The number of hydrogen-bond acceptors (Lipinski definition) is 5. The van der Waals surface area contributed by atoms with Crippen LogP contribution < -0.4 is 5.43 Å². The number of likely N-dealkylation sites (N-methyl/N-ethyl adjacent to an activating group) is 1. The standard InChI is InChI=1S/C23H27N5O2/c1-26(19-10-14-27(15-11-19)13-9-18-6-4-5-12-24-18)23(30)17-28-21-8-3-2-7-20(21)22(29)16-25-28/h2-8,12,16,19H,9-11,13-15,17H2,1H3. The van der Waals surface area contributed by atoms with Crippen LogP contribution in [0.5, 0.6) is 0 Å². The first-order valence-corrected chi connectivity index (χ1v) is 10.4. The van der Waals surface area contributed by atoms with Crippen LogP contribution in [0.3, 0.4) is 0 Å². The van der Waals surface area contributed by atoms with Gasteiger partial charge in [-0.25, -0.2) is 0 Å². The average molecular weight is 406 g/mol. The largest absolute Gasteiger partial charge is 0.341 e. The molecule has 0 saturated carbocycles. The van der Waals surface area contributed by atoms with Crippen LogP contribution in [-0.4, -0.2) is 63.2 Å². The lowest BCUT2D eigenvalue weighted by Gasteiger charge is -2.36. The molecule has 2 aromatic heterocycles. The molecule has 3 heterocycles. The van der Waals surface area contributed by atoms with Crippen molar-refractivity contribution in [2.24, 2.45) is 0 Å². The van der Waals surface area contributed by atoms with E-state index in [1.54, 1.807) is 10.7 Å². The van der Waals surface area contributed by atoms with Crippen LogP contribution in [0.1, 0.15) is 18.5 Å². The van der Waals surface area contributed by atoms with Gasteiger partial charge in [-0.2, -0.15) is 5.10 Å². The predicted octanol–water partition coefficient (Wildman–Crippen LogP) is 1.96. The van der Waals surface area contributed by atoms with Gasteiger partial charge in [0.1, 0.15) is 6.54 Å². The number of hydrogen-bond donors (Lipinski definition) is 0. The molecule has 1 fully saturated rings. The summed E-state index contributed by atoms with van der Waals surface area (Å²) < 4.78 is 1.62. The van der Waals surface area contributed by atoms with E-state index in [9.17, 15) is 9.59 Å². The molecule has 1 saturated heterocycles. The molecule has 0 atom stereocenters. The van der Waals surface area contributed by atoms with E-state index in [1.165, 1.54) is 6.20 Å². The number of likely N-dealkylation sites (tertiary alicyclic amines) is 1. The number of fused-ring (bicyclic) bond motifs is 1. The highest BCUT2D eigenvalue weighted by molar-refractivity contribution is 5.81. The van der Waals surface area contributed by atoms with Gasteiger partial charge in [0.15, 0.2) is 0 Å². The fraction of sp³-hybridized carbons (Fsp3) is 0.391. The molecule has 1 aliphatic heterocycles. The summed E-state index contributed by atoms with van der Waals surface area (Å²) in [5.74, 6) is 0.0169. The third-order valence-corrected chi connectivity index (χ3v) is 5.96. The number of rotatable bonds is 6. The number of para-hydroxylation sites is 1. The number of nitrogens with zero attached hydrogens (tertiary/aromatic N) is 5. The van der Waals surface area contributed by atoms with Gasteiger partial charge in [0.2, 0.25) is 11.3 Å². The molecule has 4 rings (SSSR count). The van der Waals surface area contributed by atoms with Gasteiger partial charge >= 0.3 is 0 Å². The van der Waals surface area contributed by atoms with Crippen LogP contribution in [-0.2, 0) is 17.8 Å². The molecule has 0 N–H and O–H groups in total. The van der Waals surface area contributed by atoms with Crippen molar-refractivity contribution >= 4 is 16.8 Å². The van der Waals surface area contributed by atoms with Crippen molar-refractivity contribution in [3.8, 4) is 0 Å². The molecule has 1 amide bonds. The molecule has 0 bridgehead atoms. The third-order valence-electron chi connectivity index (χ3n) is 5.96. The first-order chi connectivity index (χ1) is 14.6. The van der Waals surface area contributed by atoms with Crippen molar-refractivity contribution in [3.63, 3.8) is 0 Å². The Labute approximate surface area is 175 Å². The van der Waals surface area contributed by atoms with Gasteiger partial charge in [-0.3, -0.25) is 19.3 Å². The number of benzene rings is 1. The van der Waals surface area contributed by atoms with Gasteiger partial charge in [0, 0.05) is 56.4 Å². The summed E-state index contributed by atoms with van der Waals surface area (Å²) in [6.45, 7) is 3.09. The fourth-order valence-corrected chi connectivity index (χ4v) is 4.08. The van der Waals surface area contributed by atoms with Gasteiger partial charge in [-0.1, -0.05) is 18.2 Å². The zero-order valence-electron chi connectivity index (χ0n) is 17.3. The van der Waals surface area contributed by atoms with Gasteiger partial charge < -0.3 is 9.80 Å². The highest BCUT2D eigenvalue weighted by Gasteiger charge is 2.25. The second-order valence-electron chi connectivity index (χ2n) is 7.83. The molecular weight excluding hydrogens is 378 g/mol. The normalized spacial score (nSPS) is 15.4. The van der Waals surface area contributed by atoms with E-state index in [1.807, 2.05) is 48.5 Å². The van der Waals surface area contributed by atoms with Crippen LogP contribution >= 0.6 is 0 Å². The van der Waals surface area contributed by atoms with Crippen molar-refractivity contribution in [1.82, 2.24) is 24.6 Å². The van der Waals surface area contributed by atoms with Gasteiger partial charge in [0.05, 0.1) is 11.7 Å². The first-order valence-electron chi connectivity index (χ1n) is 10.4. The molecule has 1 aromatic carbocycles. The molecule has 156 valence electrons. The second-order valence-corrected chi connectivity index (χ2v) is 7.83. The molecule has 3 aromatic rings. The lowest BCUT2D eigenvalue weighted by atomic mass is 10.0. The summed E-state index contributed by atoms with van der Waals surface area (Å²) in [5, 5.41) is 4.77. The number of carbonyl (C=O) groups is 1. The maximum Gasteiger partial charge on any atom is 0.244 e. The first kappa shape index (κ1) is 20.2. The summed E-state index contributed by atoms with van der Waals surface area (Å²) in [6.07, 6.45) is 6.00. The highest BCUT2D eigenvalue weighted by atomic mass is 16.2. The number of amides is 1. The maximum atomic E-state index is 12.9. The number of carbonyl (C=O) groups excluding carboxylic acids is 1. The van der Waals surface area contributed by atoms with Crippen LogP contribution in [0.15, 0.2) is 59.7 Å². The topological polar surface area (TPSA) is 71.3 Å². The highest BCUT2D eigenvalue weighted by Crippen LogP contribution is 2.17. The van der Waals surface area contributed by atoms with E-state index in [0.29, 0.717) is 10.9 Å². The predicted molar refractivity (Wildman–Crippen MR) is 116 cm³/mol. The molecule has 7 nitrogen and oxygen atoms in total. The Morgan fingerprint density at radius 2 is 1.90 bits per heavy atom. The molecular formula is C23H27N5O2. The smallest absolute Gasteiger partial charge is 0.244 e. The Morgan fingerprint density at radius 1 is 1.13 bits per heavy atom. The minimum absolute atomic E-state index is 0.0169. The zero-order valence-corrected chi connectivity index (χ0v) is 17.3. The summed E-state index contributed by atoms with van der Waals surface area (Å²) in [4.78, 5) is 33.6. The van der Waals surface area contributed by atoms with E-state index in [4.69, 9.17) is 0 Å². The molecule has 0 unspecified atom stereocenters. The molecule has 1 aliphatic rings. The zero-order chi connectivity index (χ0) is 20.9. The minimum atomic E-state index is -0.124. The van der Waals surface area contributed by atoms with Gasteiger partial charge in [-0.05, 0) is 37.1 Å². The molecule has 7 heteroatoms. The summed E-state index contributed by atoms with van der Waals surface area (Å²) in [7, 11) is 1.88. The molecule has 30 heavy (non-hydrogen) atoms. The van der Waals surface area contributed by atoms with Crippen molar-refractivity contribution in [3.05, 3.63) is 70.8 Å². The Balaban J connectivity index is 1.32. The quantitative estimate of drug-likeness (QED) is 0.627. The van der Waals surface area contributed by atoms with E-state index >= 15 is 0 Å². The van der Waals surface area contributed by atoms with Crippen LogP contribution in [0.25, 0.3) is 10.9 Å². The Bertz CT molecular complexity index is 1060. The monoisotopic (exact) mass is 405 g/mol. The van der Waals surface area contributed by atoms with Crippen LogP contribution in [0.4, 0.5) is 0 Å². The SMILES string of the molecule is CN(C(=O)Cn1ncc(=O)c2ccccc21)C1CCN(CCc2ccccn2)CC1. The Hall–Kier alpha value is -3.06. The van der Waals surface area contributed by atoms with Crippen molar-refractivity contribution in [2.75, 3.05) is 26.7 Å². The van der Waals surface area contributed by atoms with Crippen LogP contribution in [0, 0.1) is 0 Å². The van der Waals surface area contributed by atoms with E-state index in [2.05, 4.69) is 21.0 Å². The maximum absolute atomic E-state index is 12.9. The van der Waals surface area contributed by atoms with Crippen LogP contribution in [0.2, 0.25) is 0 Å². The van der Waals surface area contributed by atoms with E-state index in [0.717, 1.165) is 44.6 Å². The van der Waals surface area contributed by atoms with Crippen molar-refractivity contribution in [2.45, 2.75) is 31.8 Å². The lowest BCUT2D eigenvalue weighted by Crippen LogP contribution is -2.47. The van der Waals surface area contributed by atoms with Crippen molar-refractivity contribution < 1.29 is 4.79 Å². The third kappa shape index (κ3) is 4.57. The minimum Gasteiger partial charge on any atom is -0.341 e.